The van der Waals surface area contributed by atoms with Crippen molar-refractivity contribution in [3.8, 4) is 22.6 Å². The fraction of sp³-hybridized carbons (Fsp3) is 0.441. The van der Waals surface area contributed by atoms with E-state index in [1.54, 1.807) is 6.07 Å². The summed E-state index contributed by atoms with van der Waals surface area (Å²) in [7, 11) is 0. The van der Waals surface area contributed by atoms with Gasteiger partial charge >= 0.3 is 5.97 Å². The second kappa shape index (κ2) is 11.4. The second-order valence-corrected chi connectivity index (χ2v) is 11.8. The maximum atomic E-state index is 15.2. The minimum atomic E-state index is -0.760. The van der Waals surface area contributed by atoms with E-state index in [-0.39, 0.29) is 23.6 Å². The zero-order valence-electron chi connectivity index (χ0n) is 23.2. The summed E-state index contributed by atoms with van der Waals surface area (Å²) in [6.07, 6.45) is 5.70. The Kier molecular flexibility index (Phi) is 7.97. The number of aliphatic carboxylic acids is 1. The first kappa shape index (κ1) is 27.2. The van der Waals surface area contributed by atoms with Crippen molar-refractivity contribution < 1.29 is 23.8 Å². The van der Waals surface area contributed by atoms with Gasteiger partial charge in [-0.1, -0.05) is 50.6 Å². The summed E-state index contributed by atoms with van der Waals surface area (Å²) in [4.78, 5) is 11.4. The van der Waals surface area contributed by atoms with Gasteiger partial charge in [0.1, 0.15) is 23.9 Å². The minimum absolute atomic E-state index is 0.0314. The molecule has 0 bridgehead atoms. The van der Waals surface area contributed by atoms with Gasteiger partial charge in [0.05, 0.1) is 13.0 Å². The lowest BCUT2D eigenvalue weighted by atomic mass is 9.75. The van der Waals surface area contributed by atoms with Crippen molar-refractivity contribution in [1.82, 2.24) is 0 Å². The van der Waals surface area contributed by atoms with Gasteiger partial charge in [0.2, 0.25) is 0 Å². The Balaban J connectivity index is 1.43. The van der Waals surface area contributed by atoms with Crippen LogP contribution >= 0.6 is 0 Å². The van der Waals surface area contributed by atoms with E-state index in [2.05, 4.69) is 19.9 Å². The highest BCUT2D eigenvalue weighted by Crippen LogP contribution is 2.51. The van der Waals surface area contributed by atoms with Crippen molar-refractivity contribution in [3.63, 3.8) is 0 Å². The fourth-order valence-electron chi connectivity index (χ4n) is 6.35. The number of halogens is 1. The van der Waals surface area contributed by atoms with Crippen molar-refractivity contribution in [1.29, 1.82) is 0 Å². The lowest BCUT2D eigenvalue weighted by molar-refractivity contribution is -0.137. The molecule has 0 aliphatic heterocycles. The molecule has 1 unspecified atom stereocenters. The highest BCUT2D eigenvalue weighted by atomic mass is 19.1. The van der Waals surface area contributed by atoms with E-state index in [4.69, 9.17) is 9.47 Å². The van der Waals surface area contributed by atoms with Gasteiger partial charge in [-0.05, 0) is 108 Å². The quantitative estimate of drug-likeness (QED) is 0.269. The Morgan fingerprint density at radius 3 is 2.49 bits per heavy atom. The molecule has 2 atom stereocenters. The predicted octanol–water partition coefficient (Wildman–Crippen LogP) is 8.73. The van der Waals surface area contributed by atoms with Gasteiger partial charge in [-0.25, -0.2) is 4.39 Å². The lowest BCUT2D eigenvalue weighted by Gasteiger charge is -2.30. The summed E-state index contributed by atoms with van der Waals surface area (Å²) in [5, 5.41) is 9.40. The molecule has 0 heterocycles. The first-order valence-corrected chi connectivity index (χ1v) is 14.2. The SMILES string of the molecule is CCOc1ccc(F)c(-c2ccc(COc3cccc(C(CC(=O)O)C4CC4)c3)cc2[C@@H]2CCCC2(C)C)c1. The largest absolute Gasteiger partial charge is 0.494 e. The van der Waals surface area contributed by atoms with Crippen LogP contribution < -0.4 is 9.47 Å². The Morgan fingerprint density at radius 2 is 1.79 bits per heavy atom. The zero-order valence-corrected chi connectivity index (χ0v) is 23.2. The molecule has 5 heteroatoms. The Morgan fingerprint density at radius 1 is 1.00 bits per heavy atom. The van der Waals surface area contributed by atoms with E-state index in [0.717, 1.165) is 60.1 Å². The lowest BCUT2D eigenvalue weighted by Crippen LogP contribution is -2.17. The molecule has 0 amide bonds. The summed E-state index contributed by atoms with van der Waals surface area (Å²) < 4.78 is 27.1. The predicted molar refractivity (Wildman–Crippen MR) is 152 cm³/mol. The van der Waals surface area contributed by atoms with Crippen LogP contribution in [0.5, 0.6) is 11.5 Å². The third-order valence-corrected chi connectivity index (χ3v) is 8.56. The molecule has 2 aliphatic carbocycles. The summed E-state index contributed by atoms with van der Waals surface area (Å²) >= 11 is 0. The van der Waals surface area contributed by atoms with Gasteiger partial charge in [0, 0.05) is 5.56 Å². The first-order valence-electron chi connectivity index (χ1n) is 14.2. The maximum Gasteiger partial charge on any atom is 0.303 e. The molecule has 206 valence electrons. The van der Waals surface area contributed by atoms with E-state index in [1.807, 2.05) is 49.4 Å². The van der Waals surface area contributed by atoms with Crippen LogP contribution in [0.25, 0.3) is 11.1 Å². The van der Waals surface area contributed by atoms with Crippen molar-refractivity contribution in [2.24, 2.45) is 11.3 Å². The van der Waals surface area contributed by atoms with Gasteiger partial charge in [0.25, 0.3) is 0 Å². The highest BCUT2D eigenvalue weighted by molar-refractivity contribution is 5.71. The third kappa shape index (κ3) is 6.29. The number of hydrogen-bond acceptors (Lipinski definition) is 3. The van der Waals surface area contributed by atoms with E-state index in [9.17, 15) is 9.90 Å². The molecule has 0 aromatic heterocycles. The van der Waals surface area contributed by atoms with E-state index < -0.39 is 5.97 Å². The number of ether oxygens (including phenoxy) is 2. The van der Waals surface area contributed by atoms with Gasteiger partial charge in [-0.3, -0.25) is 4.79 Å². The minimum Gasteiger partial charge on any atom is -0.494 e. The maximum absolute atomic E-state index is 15.2. The van der Waals surface area contributed by atoms with Crippen LogP contribution in [0.2, 0.25) is 0 Å². The molecule has 39 heavy (non-hydrogen) atoms. The van der Waals surface area contributed by atoms with Crippen LogP contribution in [-0.4, -0.2) is 17.7 Å². The number of hydrogen-bond donors (Lipinski definition) is 1. The van der Waals surface area contributed by atoms with Crippen molar-refractivity contribution in [2.75, 3.05) is 6.61 Å². The Hall–Kier alpha value is -3.34. The first-order chi connectivity index (χ1) is 18.7. The highest BCUT2D eigenvalue weighted by Gasteiger charge is 2.37. The smallest absolute Gasteiger partial charge is 0.303 e. The van der Waals surface area contributed by atoms with Gasteiger partial charge in [-0.2, -0.15) is 0 Å². The number of carboxylic acids is 1. The molecule has 2 fully saturated rings. The van der Waals surface area contributed by atoms with Crippen LogP contribution in [-0.2, 0) is 11.4 Å². The van der Waals surface area contributed by atoms with E-state index in [1.165, 1.54) is 6.07 Å². The van der Waals surface area contributed by atoms with Crippen molar-refractivity contribution in [2.45, 2.75) is 77.7 Å². The molecule has 3 aromatic rings. The summed E-state index contributed by atoms with van der Waals surface area (Å²) in [6, 6.07) is 19.1. The van der Waals surface area contributed by atoms with Crippen LogP contribution in [0, 0.1) is 17.2 Å². The third-order valence-electron chi connectivity index (χ3n) is 8.56. The van der Waals surface area contributed by atoms with Crippen LogP contribution in [0.4, 0.5) is 4.39 Å². The second-order valence-electron chi connectivity index (χ2n) is 11.8. The molecule has 2 aliphatic rings. The fourth-order valence-corrected chi connectivity index (χ4v) is 6.35. The molecule has 0 radical (unpaired) electrons. The summed E-state index contributed by atoms with van der Waals surface area (Å²) in [6.45, 7) is 7.46. The monoisotopic (exact) mass is 530 g/mol. The number of rotatable bonds is 11. The molecular formula is C34H39FO4. The average molecular weight is 531 g/mol. The van der Waals surface area contributed by atoms with Gasteiger partial charge in [0.15, 0.2) is 0 Å². The molecule has 0 spiro atoms. The topological polar surface area (TPSA) is 55.8 Å². The molecule has 5 rings (SSSR count). The Labute approximate surface area is 231 Å². The number of carbonyl (C=O) groups is 1. The van der Waals surface area contributed by atoms with Crippen molar-refractivity contribution >= 4 is 5.97 Å². The molecule has 4 nitrogen and oxygen atoms in total. The normalized spacial score (nSPS) is 19.0. The average Bonchev–Trinajstić information content (AvgIpc) is 3.69. The molecule has 2 saturated carbocycles. The standard InChI is InChI=1S/C34H39FO4/c1-4-38-26-13-15-32(35)30(19-26)27-14-10-22(17-29(27)31-9-6-16-34(31,2)3)21-39-25-8-5-7-24(18-25)28(20-33(36)37)23-11-12-23/h5,7-8,10,13-15,17-19,23,28,31H,4,6,9,11-12,16,20-21H2,1-3H3,(H,36,37)/t28?,31-/m0/s1. The molecule has 3 aromatic carbocycles. The van der Waals surface area contributed by atoms with E-state index in [0.29, 0.717) is 36.4 Å². The van der Waals surface area contributed by atoms with E-state index >= 15 is 4.39 Å². The van der Waals surface area contributed by atoms with Crippen molar-refractivity contribution in [3.05, 3.63) is 83.2 Å². The summed E-state index contributed by atoms with van der Waals surface area (Å²) in [5.74, 6) is 1.20. The molecule has 1 N–H and O–H groups in total. The molecular weight excluding hydrogens is 491 g/mol. The van der Waals surface area contributed by atoms with Gasteiger partial charge in [-0.15, -0.1) is 0 Å². The van der Waals surface area contributed by atoms with Crippen LogP contribution in [0.3, 0.4) is 0 Å². The Bertz CT molecular complexity index is 1330. The van der Waals surface area contributed by atoms with Crippen LogP contribution in [0.1, 0.15) is 87.8 Å². The van der Waals surface area contributed by atoms with Crippen LogP contribution in [0.15, 0.2) is 60.7 Å². The molecule has 0 saturated heterocycles. The number of benzene rings is 3. The summed E-state index contributed by atoms with van der Waals surface area (Å²) in [5.41, 5.74) is 4.84. The zero-order chi connectivity index (χ0) is 27.6. The number of carboxylic acid groups (broad SMARTS) is 1. The van der Waals surface area contributed by atoms with Gasteiger partial charge < -0.3 is 14.6 Å².